The second-order valence-corrected chi connectivity index (χ2v) is 7.38. The first-order chi connectivity index (χ1) is 10.7. The van der Waals surface area contributed by atoms with E-state index in [2.05, 4.69) is 42.1 Å². The third-order valence-corrected chi connectivity index (χ3v) is 5.64. The molecule has 0 saturated carbocycles. The molecule has 1 N–H and O–H groups in total. The SMILES string of the molecule is CCC(CC)C1CC(Nc2ncnc3sc(C)cc23)CCO1. The summed E-state index contributed by atoms with van der Waals surface area (Å²) in [6, 6.07) is 2.62. The van der Waals surface area contributed by atoms with E-state index in [0.29, 0.717) is 18.1 Å². The number of hydrogen-bond donors (Lipinski definition) is 1. The molecule has 3 heterocycles. The van der Waals surface area contributed by atoms with Gasteiger partial charge in [-0.3, -0.25) is 0 Å². The van der Waals surface area contributed by atoms with Crippen LogP contribution in [-0.4, -0.2) is 28.7 Å². The summed E-state index contributed by atoms with van der Waals surface area (Å²) in [4.78, 5) is 11.2. The molecule has 1 aliphatic heterocycles. The molecule has 0 radical (unpaired) electrons. The van der Waals surface area contributed by atoms with Crippen LogP contribution in [0.5, 0.6) is 0 Å². The molecular weight excluding hydrogens is 294 g/mol. The maximum atomic E-state index is 6.01. The van der Waals surface area contributed by atoms with Crippen LogP contribution >= 0.6 is 11.3 Å². The summed E-state index contributed by atoms with van der Waals surface area (Å²) < 4.78 is 6.01. The number of aromatic nitrogens is 2. The van der Waals surface area contributed by atoms with Gasteiger partial charge in [-0.15, -0.1) is 11.3 Å². The summed E-state index contributed by atoms with van der Waals surface area (Å²) in [7, 11) is 0. The van der Waals surface area contributed by atoms with Gasteiger partial charge in [-0.05, 0) is 31.7 Å². The van der Waals surface area contributed by atoms with Crippen molar-refractivity contribution in [2.45, 2.75) is 58.6 Å². The van der Waals surface area contributed by atoms with E-state index in [0.717, 1.165) is 35.5 Å². The minimum atomic E-state index is 0.378. The number of thiophene rings is 1. The number of rotatable bonds is 5. The van der Waals surface area contributed by atoms with Gasteiger partial charge >= 0.3 is 0 Å². The highest BCUT2D eigenvalue weighted by Crippen LogP contribution is 2.30. The van der Waals surface area contributed by atoms with Gasteiger partial charge in [-0.2, -0.15) is 0 Å². The molecule has 0 aliphatic carbocycles. The topological polar surface area (TPSA) is 47.0 Å². The Balaban J connectivity index is 1.74. The highest BCUT2D eigenvalue weighted by Gasteiger charge is 2.28. The fraction of sp³-hybridized carbons (Fsp3) is 0.647. The van der Waals surface area contributed by atoms with Crippen LogP contribution < -0.4 is 5.32 Å². The van der Waals surface area contributed by atoms with E-state index >= 15 is 0 Å². The fourth-order valence-electron chi connectivity index (χ4n) is 3.39. The van der Waals surface area contributed by atoms with Crippen LogP contribution in [-0.2, 0) is 4.74 Å². The lowest BCUT2D eigenvalue weighted by atomic mass is 9.89. The zero-order valence-electron chi connectivity index (χ0n) is 13.6. The quantitative estimate of drug-likeness (QED) is 0.887. The van der Waals surface area contributed by atoms with Gasteiger partial charge in [-0.25, -0.2) is 9.97 Å². The van der Waals surface area contributed by atoms with Gasteiger partial charge in [0.15, 0.2) is 0 Å². The van der Waals surface area contributed by atoms with Crippen molar-refractivity contribution < 1.29 is 4.74 Å². The zero-order chi connectivity index (χ0) is 15.5. The molecule has 22 heavy (non-hydrogen) atoms. The van der Waals surface area contributed by atoms with E-state index in [1.165, 1.54) is 17.7 Å². The van der Waals surface area contributed by atoms with Crippen LogP contribution in [0.2, 0.25) is 0 Å². The maximum absolute atomic E-state index is 6.01. The molecule has 3 rings (SSSR count). The Morgan fingerprint density at radius 1 is 1.36 bits per heavy atom. The molecule has 2 unspecified atom stereocenters. The van der Waals surface area contributed by atoms with E-state index in [-0.39, 0.29) is 0 Å². The first-order valence-electron chi connectivity index (χ1n) is 8.30. The van der Waals surface area contributed by atoms with E-state index in [1.54, 1.807) is 17.7 Å². The molecule has 1 aliphatic rings. The number of nitrogens with one attached hydrogen (secondary N) is 1. The third-order valence-electron chi connectivity index (χ3n) is 4.68. The highest BCUT2D eigenvalue weighted by atomic mass is 32.1. The first kappa shape index (κ1) is 15.7. The molecule has 2 aromatic rings. The number of nitrogens with zero attached hydrogens (tertiary/aromatic N) is 2. The lowest BCUT2D eigenvalue weighted by Gasteiger charge is -2.34. The van der Waals surface area contributed by atoms with E-state index in [1.807, 2.05) is 0 Å². The summed E-state index contributed by atoms with van der Waals surface area (Å²) in [6.07, 6.45) is 6.54. The molecule has 0 amide bonds. The van der Waals surface area contributed by atoms with Crippen LogP contribution in [0, 0.1) is 12.8 Å². The van der Waals surface area contributed by atoms with Crippen LogP contribution in [0.15, 0.2) is 12.4 Å². The van der Waals surface area contributed by atoms with E-state index in [4.69, 9.17) is 4.74 Å². The van der Waals surface area contributed by atoms with Gasteiger partial charge in [0, 0.05) is 17.5 Å². The second-order valence-electron chi connectivity index (χ2n) is 6.15. The van der Waals surface area contributed by atoms with Crippen molar-refractivity contribution in [2.75, 3.05) is 11.9 Å². The Kier molecular flexibility index (Phi) is 4.93. The largest absolute Gasteiger partial charge is 0.378 e. The minimum Gasteiger partial charge on any atom is -0.378 e. The molecule has 120 valence electrons. The Labute approximate surface area is 136 Å². The molecule has 1 saturated heterocycles. The Morgan fingerprint density at radius 3 is 2.95 bits per heavy atom. The smallest absolute Gasteiger partial charge is 0.138 e. The first-order valence-corrected chi connectivity index (χ1v) is 9.12. The number of fused-ring (bicyclic) bond motifs is 1. The van der Waals surface area contributed by atoms with Gasteiger partial charge in [0.25, 0.3) is 0 Å². The summed E-state index contributed by atoms with van der Waals surface area (Å²) in [5.74, 6) is 1.64. The van der Waals surface area contributed by atoms with Crippen molar-refractivity contribution in [3.8, 4) is 0 Å². The molecule has 0 bridgehead atoms. The highest BCUT2D eigenvalue weighted by molar-refractivity contribution is 7.18. The van der Waals surface area contributed by atoms with Gasteiger partial charge < -0.3 is 10.1 Å². The Morgan fingerprint density at radius 2 is 2.18 bits per heavy atom. The van der Waals surface area contributed by atoms with Crippen molar-refractivity contribution in [2.24, 2.45) is 5.92 Å². The van der Waals surface area contributed by atoms with E-state index < -0.39 is 0 Å². The molecule has 1 fully saturated rings. The number of hydrogen-bond acceptors (Lipinski definition) is 5. The van der Waals surface area contributed by atoms with Crippen molar-refractivity contribution in [3.05, 3.63) is 17.3 Å². The molecule has 0 spiro atoms. The molecule has 4 nitrogen and oxygen atoms in total. The van der Waals surface area contributed by atoms with Crippen molar-refractivity contribution in [3.63, 3.8) is 0 Å². The average molecular weight is 319 g/mol. The molecule has 2 atom stereocenters. The van der Waals surface area contributed by atoms with Crippen molar-refractivity contribution >= 4 is 27.4 Å². The van der Waals surface area contributed by atoms with Crippen LogP contribution in [0.1, 0.15) is 44.4 Å². The van der Waals surface area contributed by atoms with Gasteiger partial charge in [-0.1, -0.05) is 26.7 Å². The number of anilines is 1. The summed E-state index contributed by atoms with van der Waals surface area (Å²) >= 11 is 1.73. The molecular formula is C17H25N3OS. The zero-order valence-corrected chi connectivity index (χ0v) is 14.4. The Hall–Kier alpha value is -1.20. The fourth-order valence-corrected chi connectivity index (χ4v) is 4.23. The van der Waals surface area contributed by atoms with Crippen LogP contribution in [0.25, 0.3) is 10.2 Å². The third kappa shape index (κ3) is 3.25. The number of ether oxygens (including phenoxy) is 1. The van der Waals surface area contributed by atoms with E-state index in [9.17, 15) is 0 Å². The van der Waals surface area contributed by atoms with Gasteiger partial charge in [0.05, 0.1) is 11.5 Å². The Bertz CT molecular complexity index is 623. The lowest BCUT2D eigenvalue weighted by molar-refractivity contribution is -0.0271. The number of aryl methyl sites for hydroxylation is 1. The molecule has 0 aromatic carbocycles. The standard InChI is InChI=1S/C17H25N3OS/c1-4-12(5-2)15-9-13(6-7-21-15)20-16-14-8-11(3)22-17(14)19-10-18-16/h8,10,12-13,15H,4-7,9H2,1-3H3,(H,18,19,20). The second kappa shape index (κ2) is 6.92. The van der Waals surface area contributed by atoms with Gasteiger partial charge in [0.2, 0.25) is 0 Å². The predicted molar refractivity (Wildman–Crippen MR) is 92.6 cm³/mol. The molecule has 5 heteroatoms. The van der Waals surface area contributed by atoms with Crippen LogP contribution in [0.4, 0.5) is 5.82 Å². The van der Waals surface area contributed by atoms with Crippen molar-refractivity contribution in [1.29, 1.82) is 0 Å². The summed E-state index contributed by atoms with van der Waals surface area (Å²) in [6.45, 7) is 7.48. The normalized spacial score (nSPS) is 22.4. The lowest BCUT2D eigenvalue weighted by Crippen LogP contribution is -2.38. The minimum absolute atomic E-state index is 0.378. The van der Waals surface area contributed by atoms with Gasteiger partial charge in [0.1, 0.15) is 17.0 Å². The molecule has 2 aromatic heterocycles. The van der Waals surface area contributed by atoms with Crippen molar-refractivity contribution in [1.82, 2.24) is 9.97 Å². The maximum Gasteiger partial charge on any atom is 0.138 e. The monoisotopic (exact) mass is 319 g/mol. The summed E-state index contributed by atoms with van der Waals surface area (Å²) in [5, 5.41) is 4.79. The predicted octanol–water partition coefficient (Wildman–Crippen LogP) is 4.40. The average Bonchev–Trinajstić information content (AvgIpc) is 2.90. The van der Waals surface area contributed by atoms with Crippen LogP contribution in [0.3, 0.4) is 0 Å². The summed E-state index contributed by atoms with van der Waals surface area (Å²) in [5.41, 5.74) is 0.